The lowest BCUT2D eigenvalue weighted by Gasteiger charge is -2.38. The van der Waals surface area contributed by atoms with Crippen LogP contribution in [-0.4, -0.2) is 18.0 Å². The van der Waals surface area contributed by atoms with E-state index in [1.807, 2.05) is 13.8 Å². The average Bonchev–Trinajstić information content (AvgIpc) is 2.64. The zero-order valence-electron chi connectivity index (χ0n) is 17.2. The van der Waals surface area contributed by atoms with Crippen molar-refractivity contribution in [2.75, 3.05) is 13.1 Å². The second-order valence-corrected chi connectivity index (χ2v) is 6.71. The minimum Gasteiger partial charge on any atom is -0.292 e. The molecule has 1 unspecified atom stereocenters. The summed E-state index contributed by atoms with van der Waals surface area (Å²) in [6.07, 6.45) is 10.3. The fourth-order valence-electron chi connectivity index (χ4n) is 3.58. The number of allylic oxidation sites excluding steroid dienone is 3. The molecule has 1 aromatic carbocycles. The molecule has 1 heterocycles. The molecule has 138 valence electrons. The van der Waals surface area contributed by atoms with Crippen LogP contribution in [-0.2, 0) is 0 Å². The van der Waals surface area contributed by atoms with E-state index in [2.05, 4.69) is 75.6 Å². The largest absolute Gasteiger partial charge is 0.292 e. The summed E-state index contributed by atoms with van der Waals surface area (Å²) in [5.41, 5.74) is 6.72. The van der Waals surface area contributed by atoms with Gasteiger partial charge >= 0.3 is 0 Å². The first-order chi connectivity index (χ1) is 12.1. The Kier molecular flexibility index (Phi) is 9.52. The summed E-state index contributed by atoms with van der Waals surface area (Å²) in [6.45, 7) is 19.6. The van der Waals surface area contributed by atoms with Crippen molar-refractivity contribution in [3.8, 4) is 0 Å². The van der Waals surface area contributed by atoms with Gasteiger partial charge in [-0.15, -0.1) is 0 Å². The van der Waals surface area contributed by atoms with E-state index < -0.39 is 0 Å². The number of rotatable bonds is 5. The smallest absolute Gasteiger partial charge is 0.0603 e. The summed E-state index contributed by atoms with van der Waals surface area (Å²) < 4.78 is 0. The first kappa shape index (κ1) is 21.4. The maximum Gasteiger partial charge on any atom is 0.0603 e. The second kappa shape index (κ2) is 11.1. The van der Waals surface area contributed by atoms with Crippen molar-refractivity contribution >= 4 is 0 Å². The highest BCUT2D eigenvalue weighted by Crippen LogP contribution is 2.37. The molecule has 0 saturated carbocycles. The molecule has 1 aliphatic rings. The van der Waals surface area contributed by atoms with Gasteiger partial charge in [-0.1, -0.05) is 63.3 Å². The van der Waals surface area contributed by atoms with Crippen LogP contribution in [0.3, 0.4) is 0 Å². The summed E-state index contributed by atoms with van der Waals surface area (Å²) in [4.78, 5) is 2.63. The maximum atomic E-state index is 4.50. The zero-order chi connectivity index (χ0) is 18.8. The van der Waals surface area contributed by atoms with Crippen molar-refractivity contribution in [2.24, 2.45) is 0 Å². The molecule has 1 saturated heterocycles. The number of piperidine rings is 1. The van der Waals surface area contributed by atoms with Crippen molar-refractivity contribution in [1.82, 2.24) is 4.90 Å². The fourth-order valence-corrected chi connectivity index (χ4v) is 3.58. The van der Waals surface area contributed by atoms with Gasteiger partial charge < -0.3 is 0 Å². The van der Waals surface area contributed by atoms with Gasteiger partial charge in [0.1, 0.15) is 0 Å². The van der Waals surface area contributed by atoms with E-state index in [9.17, 15) is 0 Å². The Hall–Kier alpha value is -1.60. The van der Waals surface area contributed by atoms with Crippen molar-refractivity contribution in [1.29, 1.82) is 0 Å². The molecule has 1 atom stereocenters. The average molecular weight is 340 g/mol. The number of likely N-dealkylation sites (tertiary alicyclic amines) is 1. The number of aryl methyl sites for hydroxylation is 2. The molecule has 1 fully saturated rings. The lowest BCUT2D eigenvalue weighted by Crippen LogP contribution is -2.35. The zero-order valence-corrected chi connectivity index (χ0v) is 17.2. The predicted octanol–water partition coefficient (Wildman–Crippen LogP) is 6.94. The first-order valence-electron chi connectivity index (χ1n) is 9.85. The first-order valence-corrected chi connectivity index (χ1v) is 9.85. The summed E-state index contributed by atoms with van der Waals surface area (Å²) in [7, 11) is 0. The van der Waals surface area contributed by atoms with Crippen LogP contribution in [0.5, 0.6) is 0 Å². The van der Waals surface area contributed by atoms with E-state index in [1.54, 1.807) is 0 Å². The lowest BCUT2D eigenvalue weighted by atomic mass is 9.86. The van der Waals surface area contributed by atoms with Crippen molar-refractivity contribution in [2.45, 2.75) is 66.8 Å². The number of benzene rings is 1. The van der Waals surface area contributed by atoms with Gasteiger partial charge in [0, 0.05) is 0 Å². The van der Waals surface area contributed by atoms with Crippen LogP contribution in [0.15, 0.2) is 54.2 Å². The van der Waals surface area contributed by atoms with Crippen molar-refractivity contribution < 1.29 is 0 Å². The Morgan fingerprint density at radius 2 is 1.64 bits per heavy atom. The normalized spacial score (nSPS) is 17.1. The summed E-state index contributed by atoms with van der Waals surface area (Å²) in [6, 6.07) is 6.93. The molecule has 1 aromatic rings. The second-order valence-electron chi connectivity index (χ2n) is 6.71. The van der Waals surface area contributed by atoms with E-state index in [1.165, 1.54) is 60.2 Å². The maximum absolute atomic E-state index is 4.50. The highest BCUT2D eigenvalue weighted by molar-refractivity contribution is 5.45. The van der Waals surface area contributed by atoms with Gasteiger partial charge in [0.25, 0.3) is 0 Å². The molecule has 0 radical (unpaired) electrons. The van der Waals surface area contributed by atoms with Gasteiger partial charge in [-0.25, -0.2) is 0 Å². The van der Waals surface area contributed by atoms with Crippen LogP contribution < -0.4 is 0 Å². The number of nitrogens with zero attached hydrogens (tertiary/aromatic N) is 1. The summed E-state index contributed by atoms with van der Waals surface area (Å²) in [5, 5.41) is 0. The van der Waals surface area contributed by atoms with Gasteiger partial charge in [-0.3, -0.25) is 4.90 Å². The van der Waals surface area contributed by atoms with Gasteiger partial charge in [0.15, 0.2) is 0 Å². The summed E-state index contributed by atoms with van der Waals surface area (Å²) >= 11 is 0. The molecule has 1 heteroatoms. The molecular formula is C24H37N. The molecule has 25 heavy (non-hydrogen) atoms. The minimum atomic E-state index is 0.304. The van der Waals surface area contributed by atoms with E-state index in [0.717, 1.165) is 0 Å². The monoisotopic (exact) mass is 339 g/mol. The lowest BCUT2D eigenvalue weighted by molar-refractivity contribution is 0.185. The molecule has 1 aliphatic heterocycles. The van der Waals surface area contributed by atoms with Crippen LogP contribution in [0, 0.1) is 13.8 Å². The van der Waals surface area contributed by atoms with E-state index in [0.29, 0.717) is 6.04 Å². The number of hydrogen-bond acceptors (Lipinski definition) is 1. The van der Waals surface area contributed by atoms with Crippen molar-refractivity contribution in [3.63, 3.8) is 0 Å². The third-order valence-corrected chi connectivity index (χ3v) is 4.95. The minimum absolute atomic E-state index is 0.304. The third kappa shape index (κ3) is 5.71. The van der Waals surface area contributed by atoms with E-state index in [-0.39, 0.29) is 0 Å². The van der Waals surface area contributed by atoms with Gasteiger partial charge in [-0.05, 0) is 81.5 Å². The Morgan fingerprint density at radius 1 is 1.08 bits per heavy atom. The molecule has 2 rings (SSSR count). The Balaban J connectivity index is 0.00000151. The molecule has 1 nitrogen and oxygen atoms in total. The van der Waals surface area contributed by atoms with Crippen LogP contribution in [0.4, 0.5) is 0 Å². The van der Waals surface area contributed by atoms with Crippen LogP contribution in [0.25, 0.3) is 0 Å². The van der Waals surface area contributed by atoms with Crippen molar-refractivity contribution in [3.05, 3.63) is 70.8 Å². The highest BCUT2D eigenvalue weighted by Gasteiger charge is 2.27. The molecular weight excluding hydrogens is 302 g/mol. The highest BCUT2D eigenvalue weighted by atomic mass is 15.2. The molecule has 0 amide bonds. The van der Waals surface area contributed by atoms with Gasteiger partial charge in [0.2, 0.25) is 0 Å². The van der Waals surface area contributed by atoms with E-state index >= 15 is 0 Å². The predicted molar refractivity (Wildman–Crippen MR) is 113 cm³/mol. The van der Waals surface area contributed by atoms with Crippen LogP contribution in [0.1, 0.15) is 69.7 Å². The molecule has 0 bridgehead atoms. The quantitative estimate of drug-likeness (QED) is 0.525. The molecule has 0 spiro atoms. The van der Waals surface area contributed by atoms with Gasteiger partial charge in [0.05, 0.1) is 6.04 Å². The van der Waals surface area contributed by atoms with Gasteiger partial charge in [-0.2, -0.15) is 0 Å². The topological polar surface area (TPSA) is 3.24 Å². The molecule has 0 N–H and O–H groups in total. The number of hydrogen-bond donors (Lipinski definition) is 0. The SMILES string of the molecule is C=C(/C(C)=C\C=C/C)C(c1c(C)cccc1C)N1CCCCC1.CC. The van der Waals surface area contributed by atoms with Crippen LogP contribution in [0.2, 0.25) is 0 Å². The van der Waals surface area contributed by atoms with E-state index in [4.69, 9.17) is 0 Å². The van der Waals surface area contributed by atoms with Crippen LogP contribution >= 0.6 is 0 Å². The molecule has 0 aromatic heterocycles. The Morgan fingerprint density at radius 3 is 2.16 bits per heavy atom. The summed E-state index contributed by atoms with van der Waals surface area (Å²) in [5.74, 6) is 0. The fraction of sp³-hybridized carbons (Fsp3) is 0.500. The third-order valence-electron chi connectivity index (χ3n) is 4.95. The Labute approximate surface area is 156 Å². The standard InChI is InChI=1S/C22H31N.C2H6/c1-6-7-12-17(2)20(5)22(23-15-9-8-10-16-23)21-18(3)13-11-14-19(21)4;1-2/h6-7,11-14,22H,5,8-10,15-16H2,1-4H3;1-2H3/b7-6-,17-12-;. The Bertz CT molecular complexity index is 580. The molecule has 0 aliphatic carbocycles.